The number of carbonyl (C=O) groups excluding carboxylic acids is 1. The Morgan fingerprint density at radius 1 is 1.24 bits per heavy atom. The first kappa shape index (κ1) is 15.3. The van der Waals surface area contributed by atoms with Crippen LogP contribution >= 0.6 is 11.3 Å². The van der Waals surface area contributed by atoms with Crippen LogP contribution < -0.4 is 5.32 Å². The van der Waals surface area contributed by atoms with Gasteiger partial charge in [-0.2, -0.15) is 11.3 Å². The highest BCUT2D eigenvalue weighted by Crippen LogP contribution is 2.28. The van der Waals surface area contributed by atoms with Crippen molar-refractivity contribution in [2.24, 2.45) is 0 Å². The van der Waals surface area contributed by atoms with Crippen LogP contribution in [0.3, 0.4) is 0 Å². The van der Waals surface area contributed by atoms with E-state index in [2.05, 4.69) is 5.32 Å². The van der Waals surface area contributed by atoms with Crippen LogP contribution in [0.25, 0.3) is 0 Å². The van der Waals surface area contributed by atoms with Crippen molar-refractivity contribution in [2.45, 2.75) is 25.3 Å². The smallest absolute Gasteiger partial charge is 0.314 e. The zero-order valence-electron chi connectivity index (χ0n) is 11.7. The second-order valence-corrected chi connectivity index (χ2v) is 5.87. The Balaban J connectivity index is 2.06. The summed E-state index contributed by atoms with van der Waals surface area (Å²) in [6.45, 7) is 2.00. The molecule has 21 heavy (non-hydrogen) atoms. The first-order valence-corrected chi connectivity index (χ1v) is 7.53. The van der Waals surface area contributed by atoms with Crippen molar-refractivity contribution in [1.29, 1.82) is 0 Å². The molecule has 1 heterocycles. The molecular formula is C16H17NO3S. The molecule has 1 atom stereocenters. The molecule has 0 saturated carbocycles. The van der Waals surface area contributed by atoms with Crippen LogP contribution in [0.4, 0.5) is 0 Å². The molecule has 0 spiro atoms. The SMILES string of the molecule is CC(CC(=O)NCc1ccsc1)(C(=O)O)c1ccccc1. The Morgan fingerprint density at radius 3 is 2.52 bits per heavy atom. The van der Waals surface area contributed by atoms with Gasteiger partial charge in [0, 0.05) is 13.0 Å². The van der Waals surface area contributed by atoms with Crippen LogP contribution in [0.5, 0.6) is 0 Å². The van der Waals surface area contributed by atoms with Crippen molar-refractivity contribution >= 4 is 23.2 Å². The number of aliphatic carboxylic acids is 1. The summed E-state index contributed by atoms with van der Waals surface area (Å²) >= 11 is 1.56. The van der Waals surface area contributed by atoms with Gasteiger partial charge >= 0.3 is 5.97 Å². The standard InChI is InChI=1S/C16H17NO3S/c1-16(15(19)20,13-5-3-2-4-6-13)9-14(18)17-10-12-7-8-21-11-12/h2-8,11H,9-10H2,1H3,(H,17,18)(H,19,20). The third kappa shape index (κ3) is 3.70. The topological polar surface area (TPSA) is 66.4 Å². The fraction of sp³-hybridized carbons (Fsp3) is 0.250. The number of hydrogen-bond donors (Lipinski definition) is 2. The minimum Gasteiger partial charge on any atom is -0.481 e. The lowest BCUT2D eigenvalue weighted by atomic mass is 9.79. The van der Waals surface area contributed by atoms with Crippen LogP contribution in [-0.2, 0) is 21.5 Å². The van der Waals surface area contributed by atoms with Gasteiger partial charge in [0.15, 0.2) is 0 Å². The second-order valence-electron chi connectivity index (χ2n) is 5.09. The van der Waals surface area contributed by atoms with E-state index in [-0.39, 0.29) is 12.3 Å². The quantitative estimate of drug-likeness (QED) is 0.862. The third-order valence-electron chi connectivity index (χ3n) is 3.47. The molecule has 4 nitrogen and oxygen atoms in total. The van der Waals surface area contributed by atoms with E-state index in [1.807, 2.05) is 22.9 Å². The van der Waals surface area contributed by atoms with Gasteiger partial charge in [0.05, 0.1) is 5.41 Å². The third-order valence-corrected chi connectivity index (χ3v) is 4.20. The largest absolute Gasteiger partial charge is 0.481 e. The van der Waals surface area contributed by atoms with E-state index < -0.39 is 11.4 Å². The van der Waals surface area contributed by atoms with Crippen molar-refractivity contribution in [1.82, 2.24) is 5.32 Å². The lowest BCUT2D eigenvalue weighted by Crippen LogP contribution is -2.38. The monoisotopic (exact) mass is 303 g/mol. The number of carboxylic acids is 1. The summed E-state index contributed by atoms with van der Waals surface area (Å²) in [5, 5.41) is 16.2. The number of carbonyl (C=O) groups is 2. The maximum absolute atomic E-state index is 12.1. The summed E-state index contributed by atoms with van der Waals surface area (Å²) in [6, 6.07) is 10.8. The molecule has 0 aliphatic carbocycles. The molecule has 2 N–H and O–H groups in total. The Bertz CT molecular complexity index is 610. The number of rotatable bonds is 6. The average molecular weight is 303 g/mol. The number of benzene rings is 1. The van der Waals surface area contributed by atoms with Gasteiger partial charge in [-0.25, -0.2) is 0 Å². The predicted molar refractivity (Wildman–Crippen MR) is 82.2 cm³/mol. The lowest BCUT2D eigenvalue weighted by Gasteiger charge is -2.24. The summed E-state index contributed by atoms with van der Waals surface area (Å²) in [6.07, 6.45) is -0.0868. The van der Waals surface area contributed by atoms with Gasteiger partial charge in [-0.15, -0.1) is 0 Å². The molecule has 0 aliphatic rings. The maximum atomic E-state index is 12.1. The van der Waals surface area contributed by atoms with Crippen LogP contribution in [0.1, 0.15) is 24.5 Å². The van der Waals surface area contributed by atoms with Gasteiger partial charge in [0.1, 0.15) is 0 Å². The Morgan fingerprint density at radius 2 is 1.95 bits per heavy atom. The molecule has 2 aromatic rings. The van der Waals surface area contributed by atoms with Crippen molar-refractivity contribution in [2.75, 3.05) is 0 Å². The molecule has 0 radical (unpaired) electrons. The van der Waals surface area contributed by atoms with Crippen molar-refractivity contribution < 1.29 is 14.7 Å². The van der Waals surface area contributed by atoms with Crippen LogP contribution in [0, 0.1) is 0 Å². The van der Waals surface area contributed by atoms with Crippen molar-refractivity contribution in [3.05, 3.63) is 58.3 Å². The number of carboxylic acid groups (broad SMARTS) is 1. The molecule has 1 unspecified atom stereocenters. The summed E-state index contributed by atoms with van der Waals surface area (Å²) < 4.78 is 0. The van der Waals surface area contributed by atoms with E-state index in [0.717, 1.165) is 5.56 Å². The summed E-state index contributed by atoms with van der Waals surface area (Å²) in [5.74, 6) is -1.27. The highest BCUT2D eigenvalue weighted by molar-refractivity contribution is 7.07. The van der Waals surface area contributed by atoms with Crippen LogP contribution in [0.15, 0.2) is 47.2 Å². The highest BCUT2D eigenvalue weighted by atomic mass is 32.1. The van der Waals surface area contributed by atoms with Crippen LogP contribution in [-0.4, -0.2) is 17.0 Å². The molecule has 5 heteroatoms. The van der Waals surface area contributed by atoms with Gasteiger partial charge < -0.3 is 10.4 Å². The molecule has 0 aliphatic heterocycles. The van der Waals surface area contributed by atoms with Crippen molar-refractivity contribution in [3.8, 4) is 0 Å². The van der Waals surface area contributed by atoms with E-state index in [1.165, 1.54) is 0 Å². The fourth-order valence-electron chi connectivity index (χ4n) is 2.08. The molecule has 0 bridgehead atoms. The minimum absolute atomic E-state index is 0.0868. The summed E-state index contributed by atoms with van der Waals surface area (Å²) in [7, 11) is 0. The summed E-state index contributed by atoms with van der Waals surface area (Å²) in [5.41, 5.74) is 0.424. The predicted octanol–water partition coefficient (Wildman–Crippen LogP) is 2.80. The van der Waals surface area contributed by atoms with E-state index in [4.69, 9.17) is 0 Å². The van der Waals surface area contributed by atoms with E-state index in [9.17, 15) is 14.7 Å². The number of thiophene rings is 1. The number of hydrogen-bond acceptors (Lipinski definition) is 3. The van der Waals surface area contributed by atoms with Gasteiger partial charge in [-0.05, 0) is 34.9 Å². The second kappa shape index (κ2) is 6.54. The first-order chi connectivity index (χ1) is 10.0. The Kier molecular flexibility index (Phi) is 4.75. The Labute approximate surface area is 127 Å². The number of nitrogens with one attached hydrogen (secondary N) is 1. The Hall–Kier alpha value is -2.14. The molecular weight excluding hydrogens is 286 g/mol. The van der Waals surface area contributed by atoms with Gasteiger partial charge in [0.25, 0.3) is 0 Å². The molecule has 1 aromatic carbocycles. The molecule has 2 rings (SSSR count). The fourth-order valence-corrected chi connectivity index (χ4v) is 2.75. The minimum atomic E-state index is -1.22. The molecule has 110 valence electrons. The summed E-state index contributed by atoms with van der Waals surface area (Å²) in [4.78, 5) is 23.7. The van der Waals surface area contributed by atoms with Crippen molar-refractivity contribution in [3.63, 3.8) is 0 Å². The first-order valence-electron chi connectivity index (χ1n) is 6.59. The normalized spacial score (nSPS) is 13.4. The van der Waals surface area contributed by atoms with E-state index in [1.54, 1.807) is 42.5 Å². The molecule has 1 amide bonds. The van der Waals surface area contributed by atoms with Crippen LogP contribution in [0.2, 0.25) is 0 Å². The zero-order valence-corrected chi connectivity index (χ0v) is 12.5. The average Bonchev–Trinajstić information content (AvgIpc) is 2.99. The molecule has 0 fully saturated rings. The van der Waals surface area contributed by atoms with Gasteiger partial charge in [-0.3, -0.25) is 9.59 Å². The lowest BCUT2D eigenvalue weighted by molar-refractivity contribution is -0.145. The molecule has 0 saturated heterocycles. The highest BCUT2D eigenvalue weighted by Gasteiger charge is 2.37. The van der Waals surface area contributed by atoms with Gasteiger partial charge in [-0.1, -0.05) is 30.3 Å². The van der Waals surface area contributed by atoms with E-state index >= 15 is 0 Å². The van der Waals surface area contributed by atoms with E-state index in [0.29, 0.717) is 12.1 Å². The maximum Gasteiger partial charge on any atom is 0.314 e. The van der Waals surface area contributed by atoms with Gasteiger partial charge in [0.2, 0.25) is 5.91 Å². The number of amides is 1. The molecule has 1 aromatic heterocycles. The zero-order chi connectivity index (χ0) is 15.3.